The van der Waals surface area contributed by atoms with Crippen molar-refractivity contribution in [3.05, 3.63) is 54.9 Å². The van der Waals surface area contributed by atoms with Gasteiger partial charge in [-0.2, -0.15) is 4.31 Å². The molecule has 0 saturated carbocycles. The van der Waals surface area contributed by atoms with Crippen LogP contribution < -0.4 is 14.4 Å². The highest BCUT2D eigenvalue weighted by Crippen LogP contribution is 2.40. The summed E-state index contributed by atoms with van der Waals surface area (Å²) in [6, 6.07) is 13.7. The monoisotopic (exact) mass is 508 g/mol. The van der Waals surface area contributed by atoms with Crippen molar-refractivity contribution in [3.63, 3.8) is 0 Å². The third kappa shape index (κ3) is 4.40. The topological polar surface area (TPSA) is 75.2 Å². The largest absolute Gasteiger partial charge is 0.486 e. The van der Waals surface area contributed by atoms with Gasteiger partial charge in [-0.25, -0.2) is 8.42 Å². The number of aromatic nitrogens is 1. The number of pyridine rings is 1. The Kier molecular flexibility index (Phi) is 6.45. The number of anilines is 1. The lowest BCUT2D eigenvalue weighted by molar-refractivity contribution is 0.171. The molecule has 190 valence electrons. The summed E-state index contributed by atoms with van der Waals surface area (Å²) in [7, 11) is -3.60. The van der Waals surface area contributed by atoms with Crippen LogP contribution >= 0.6 is 0 Å². The number of hydrogen-bond donors (Lipinski definition) is 0. The van der Waals surface area contributed by atoms with Gasteiger partial charge in [0.05, 0.1) is 5.69 Å². The number of hydrogen-bond acceptors (Lipinski definition) is 7. The summed E-state index contributed by atoms with van der Waals surface area (Å²) < 4.78 is 40.7. The van der Waals surface area contributed by atoms with Crippen LogP contribution in [-0.4, -0.2) is 81.1 Å². The van der Waals surface area contributed by atoms with Crippen LogP contribution in [0.1, 0.15) is 19.3 Å². The molecule has 8 nitrogen and oxygen atoms in total. The number of piperazine rings is 1. The molecule has 0 bridgehead atoms. The van der Waals surface area contributed by atoms with Gasteiger partial charge in [0.15, 0.2) is 11.5 Å². The number of rotatable bonds is 6. The fraction of sp³-hybridized carbons (Fsp3) is 0.444. The number of benzene rings is 2. The number of fused-ring (bicyclic) bond motifs is 2. The van der Waals surface area contributed by atoms with Gasteiger partial charge in [-0.1, -0.05) is 30.3 Å². The molecule has 36 heavy (non-hydrogen) atoms. The van der Waals surface area contributed by atoms with Crippen LogP contribution in [0, 0.1) is 0 Å². The van der Waals surface area contributed by atoms with Gasteiger partial charge >= 0.3 is 0 Å². The van der Waals surface area contributed by atoms with Crippen LogP contribution in [0.15, 0.2) is 59.8 Å². The lowest BCUT2D eigenvalue weighted by Crippen LogP contribution is -2.48. The molecule has 0 amide bonds. The molecule has 6 rings (SSSR count). The highest BCUT2D eigenvalue weighted by Gasteiger charge is 2.36. The minimum atomic E-state index is -3.60. The first-order valence-electron chi connectivity index (χ1n) is 12.8. The summed E-state index contributed by atoms with van der Waals surface area (Å²) in [6.45, 7) is 6.35. The second-order valence-corrected chi connectivity index (χ2v) is 11.5. The van der Waals surface area contributed by atoms with Gasteiger partial charge in [0.25, 0.3) is 0 Å². The van der Waals surface area contributed by atoms with Crippen molar-refractivity contribution in [2.75, 3.05) is 57.4 Å². The Balaban J connectivity index is 1.09. The molecule has 2 fully saturated rings. The van der Waals surface area contributed by atoms with Crippen LogP contribution in [0.5, 0.6) is 11.5 Å². The minimum absolute atomic E-state index is 0.0266. The predicted molar refractivity (Wildman–Crippen MR) is 139 cm³/mol. The van der Waals surface area contributed by atoms with E-state index in [2.05, 4.69) is 20.9 Å². The highest BCUT2D eigenvalue weighted by atomic mass is 32.2. The molecular formula is C27H32N4O4S. The molecule has 3 aliphatic rings. The fourth-order valence-electron chi connectivity index (χ4n) is 5.69. The van der Waals surface area contributed by atoms with Crippen LogP contribution in [0.25, 0.3) is 10.8 Å². The van der Waals surface area contributed by atoms with E-state index in [1.165, 1.54) is 6.20 Å². The quantitative estimate of drug-likeness (QED) is 0.505. The number of para-hydroxylation sites is 1. The lowest BCUT2D eigenvalue weighted by Gasteiger charge is -2.38. The molecular weight excluding hydrogens is 476 g/mol. The van der Waals surface area contributed by atoms with E-state index in [9.17, 15) is 8.42 Å². The first-order chi connectivity index (χ1) is 17.6. The molecule has 2 aromatic carbocycles. The van der Waals surface area contributed by atoms with Crippen molar-refractivity contribution in [3.8, 4) is 11.5 Å². The van der Waals surface area contributed by atoms with Crippen molar-refractivity contribution >= 4 is 26.5 Å². The van der Waals surface area contributed by atoms with E-state index in [1.54, 1.807) is 10.5 Å². The Labute approximate surface area is 212 Å². The van der Waals surface area contributed by atoms with Gasteiger partial charge in [0.1, 0.15) is 18.1 Å². The zero-order valence-corrected chi connectivity index (χ0v) is 21.2. The summed E-state index contributed by atoms with van der Waals surface area (Å²) in [5.41, 5.74) is 1.10. The Morgan fingerprint density at radius 1 is 0.917 bits per heavy atom. The van der Waals surface area contributed by atoms with Crippen molar-refractivity contribution < 1.29 is 17.9 Å². The molecule has 3 aromatic rings. The van der Waals surface area contributed by atoms with Crippen LogP contribution in [0.2, 0.25) is 0 Å². The zero-order chi connectivity index (χ0) is 24.5. The number of ether oxygens (including phenoxy) is 2. The summed E-state index contributed by atoms with van der Waals surface area (Å²) in [5.74, 6) is 1.68. The highest BCUT2D eigenvalue weighted by molar-refractivity contribution is 7.89. The van der Waals surface area contributed by atoms with Crippen molar-refractivity contribution in [1.29, 1.82) is 0 Å². The lowest BCUT2D eigenvalue weighted by atomic mass is 10.1. The van der Waals surface area contributed by atoms with E-state index in [1.807, 2.05) is 36.4 Å². The van der Waals surface area contributed by atoms with Crippen molar-refractivity contribution in [2.24, 2.45) is 0 Å². The molecule has 1 atom stereocenters. The van der Waals surface area contributed by atoms with E-state index in [4.69, 9.17) is 9.47 Å². The minimum Gasteiger partial charge on any atom is -0.486 e. The van der Waals surface area contributed by atoms with Gasteiger partial charge in [-0.15, -0.1) is 0 Å². The first kappa shape index (κ1) is 23.5. The van der Waals surface area contributed by atoms with E-state index < -0.39 is 10.0 Å². The fourth-order valence-corrected chi connectivity index (χ4v) is 7.57. The molecule has 1 aromatic heterocycles. The van der Waals surface area contributed by atoms with Crippen LogP contribution in [-0.2, 0) is 10.0 Å². The van der Waals surface area contributed by atoms with Gasteiger partial charge in [0, 0.05) is 61.9 Å². The van der Waals surface area contributed by atoms with Crippen molar-refractivity contribution in [1.82, 2.24) is 14.2 Å². The summed E-state index contributed by atoms with van der Waals surface area (Å²) >= 11 is 0. The second kappa shape index (κ2) is 9.88. The first-order valence-corrected chi connectivity index (χ1v) is 14.3. The van der Waals surface area contributed by atoms with Gasteiger partial charge in [-0.3, -0.25) is 9.88 Å². The predicted octanol–water partition coefficient (Wildman–Crippen LogP) is 3.37. The Hall–Kier alpha value is -2.88. The Morgan fingerprint density at radius 2 is 1.75 bits per heavy atom. The van der Waals surface area contributed by atoms with Gasteiger partial charge in [-0.05, 0) is 37.9 Å². The summed E-state index contributed by atoms with van der Waals surface area (Å²) in [4.78, 5) is 9.35. The maximum atomic E-state index is 13.7. The second-order valence-electron chi connectivity index (χ2n) is 9.69. The standard InChI is InChI=1S/C27H32N4O4S/c32-36(33,26-20-28-19-21-5-1-2-7-23(21)26)31-11-4-6-22(31)10-12-29-13-15-30(16-14-29)24-8-3-9-25-27(24)35-18-17-34-25/h1-3,5,7-9,19-20,22H,4,6,10-18H2/t22-/m1/s1. The summed E-state index contributed by atoms with van der Waals surface area (Å²) in [6.07, 6.45) is 5.88. The van der Waals surface area contributed by atoms with E-state index in [0.29, 0.717) is 24.7 Å². The molecule has 0 aliphatic carbocycles. The third-order valence-corrected chi connectivity index (χ3v) is 9.56. The van der Waals surface area contributed by atoms with E-state index in [0.717, 1.165) is 79.9 Å². The zero-order valence-electron chi connectivity index (χ0n) is 20.4. The van der Waals surface area contributed by atoms with Gasteiger partial charge < -0.3 is 14.4 Å². The molecule has 0 radical (unpaired) electrons. The third-order valence-electron chi connectivity index (χ3n) is 7.58. The van der Waals surface area contributed by atoms with Crippen LogP contribution in [0.3, 0.4) is 0 Å². The Morgan fingerprint density at radius 3 is 2.64 bits per heavy atom. The Bertz CT molecular complexity index is 1340. The molecule has 0 unspecified atom stereocenters. The molecule has 0 spiro atoms. The van der Waals surface area contributed by atoms with E-state index in [-0.39, 0.29) is 6.04 Å². The molecule has 0 N–H and O–H groups in total. The normalized spacial score (nSPS) is 21.2. The molecule has 4 heterocycles. The number of nitrogens with zero attached hydrogens (tertiary/aromatic N) is 4. The average Bonchev–Trinajstić information content (AvgIpc) is 3.41. The van der Waals surface area contributed by atoms with Crippen LogP contribution in [0.4, 0.5) is 5.69 Å². The smallest absolute Gasteiger partial charge is 0.245 e. The maximum absolute atomic E-state index is 13.7. The average molecular weight is 509 g/mol. The van der Waals surface area contributed by atoms with E-state index >= 15 is 0 Å². The van der Waals surface area contributed by atoms with Gasteiger partial charge in [0.2, 0.25) is 10.0 Å². The van der Waals surface area contributed by atoms with Crippen molar-refractivity contribution in [2.45, 2.75) is 30.2 Å². The molecule has 3 aliphatic heterocycles. The maximum Gasteiger partial charge on any atom is 0.245 e. The SMILES string of the molecule is O=S(=O)(c1cncc2ccccc12)N1CCC[C@@H]1CCN1CCN(c2cccc3c2OCCO3)CC1. The molecule has 9 heteroatoms. The molecule has 2 saturated heterocycles. The number of sulfonamides is 1. The summed E-state index contributed by atoms with van der Waals surface area (Å²) in [5, 5.41) is 1.59.